The summed E-state index contributed by atoms with van der Waals surface area (Å²) < 4.78 is 7.42. The Balaban J connectivity index is 2.38. The standard InChI is InChI=1S/C13H19N5O/c1-4-18-7-6-15-13(18)10-8-11(14-3)17-12(16-10)9-19-5-2/h6-8H,4-5,9H2,1-3H3,(H,14,16,17). The molecule has 0 atom stereocenters. The molecule has 0 fully saturated rings. The van der Waals surface area contributed by atoms with Crippen LogP contribution in [-0.4, -0.2) is 33.2 Å². The minimum absolute atomic E-state index is 0.409. The first-order valence-electron chi connectivity index (χ1n) is 6.43. The summed E-state index contributed by atoms with van der Waals surface area (Å²) in [5.41, 5.74) is 0.806. The van der Waals surface area contributed by atoms with Crippen molar-refractivity contribution in [3.05, 3.63) is 24.3 Å². The van der Waals surface area contributed by atoms with Gasteiger partial charge < -0.3 is 14.6 Å². The maximum absolute atomic E-state index is 5.37. The maximum Gasteiger partial charge on any atom is 0.158 e. The predicted octanol–water partition coefficient (Wildman–Crippen LogP) is 1.94. The molecular formula is C13H19N5O. The number of imidazole rings is 1. The third kappa shape index (κ3) is 3.08. The van der Waals surface area contributed by atoms with Gasteiger partial charge in [-0.25, -0.2) is 15.0 Å². The Bertz CT molecular complexity index is 538. The Morgan fingerprint density at radius 2 is 2.16 bits per heavy atom. The number of hydrogen-bond donors (Lipinski definition) is 1. The largest absolute Gasteiger partial charge is 0.374 e. The van der Waals surface area contributed by atoms with Gasteiger partial charge in [0.25, 0.3) is 0 Å². The minimum Gasteiger partial charge on any atom is -0.374 e. The van der Waals surface area contributed by atoms with Crippen molar-refractivity contribution in [2.75, 3.05) is 19.0 Å². The molecule has 0 saturated carbocycles. The Morgan fingerprint density at radius 3 is 2.84 bits per heavy atom. The first-order chi connectivity index (χ1) is 9.28. The molecule has 6 heteroatoms. The maximum atomic E-state index is 5.37. The average Bonchev–Trinajstić information content (AvgIpc) is 2.93. The summed E-state index contributed by atoms with van der Waals surface area (Å²) in [5.74, 6) is 2.28. The van der Waals surface area contributed by atoms with E-state index < -0.39 is 0 Å². The lowest BCUT2D eigenvalue weighted by atomic mass is 10.3. The summed E-state index contributed by atoms with van der Waals surface area (Å²) in [5, 5.41) is 3.04. The highest BCUT2D eigenvalue weighted by Gasteiger charge is 2.10. The van der Waals surface area contributed by atoms with E-state index in [1.807, 2.05) is 30.8 Å². The molecule has 0 saturated heterocycles. The fourth-order valence-electron chi connectivity index (χ4n) is 1.80. The molecule has 2 aromatic heterocycles. The van der Waals surface area contributed by atoms with Crippen LogP contribution in [0.2, 0.25) is 0 Å². The zero-order valence-corrected chi connectivity index (χ0v) is 11.6. The monoisotopic (exact) mass is 261 g/mol. The fraction of sp³-hybridized carbons (Fsp3) is 0.462. The van der Waals surface area contributed by atoms with Crippen LogP contribution >= 0.6 is 0 Å². The van der Waals surface area contributed by atoms with Crippen molar-refractivity contribution >= 4 is 5.82 Å². The second-order valence-corrected chi connectivity index (χ2v) is 3.98. The predicted molar refractivity (Wildman–Crippen MR) is 73.8 cm³/mol. The lowest BCUT2D eigenvalue weighted by molar-refractivity contribution is 0.128. The van der Waals surface area contributed by atoms with E-state index in [2.05, 4.69) is 27.2 Å². The molecule has 0 radical (unpaired) electrons. The normalized spacial score (nSPS) is 10.7. The van der Waals surface area contributed by atoms with Gasteiger partial charge in [-0.15, -0.1) is 0 Å². The van der Waals surface area contributed by atoms with Crippen LogP contribution in [0.1, 0.15) is 19.7 Å². The second kappa shape index (κ2) is 6.29. The van der Waals surface area contributed by atoms with Crippen LogP contribution in [0.5, 0.6) is 0 Å². The first kappa shape index (κ1) is 13.5. The molecule has 2 aromatic rings. The number of aromatic nitrogens is 4. The third-order valence-electron chi connectivity index (χ3n) is 2.75. The molecule has 2 rings (SSSR count). The van der Waals surface area contributed by atoms with E-state index in [1.165, 1.54) is 0 Å². The molecule has 0 aliphatic carbocycles. The Labute approximate surface area is 112 Å². The van der Waals surface area contributed by atoms with E-state index in [0.29, 0.717) is 19.0 Å². The van der Waals surface area contributed by atoms with Crippen LogP contribution in [0, 0.1) is 0 Å². The molecule has 0 bridgehead atoms. The summed E-state index contributed by atoms with van der Waals surface area (Å²) >= 11 is 0. The van der Waals surface area contributed by atoms with Crippen LogP contribution in [-0.2, 0) is 17.9 Å². The first-order valence-corrected chi connectivity index (χ1v) is 6.43. The van der Waals surface area contributed by atoms with Crippen LogP contribution in [0.4, 0.5) is 5.82 Å². The number of ether oxygens (including phenoxy) is 1. The third-order valence-corrected chi connectivity index (χ3v) is 2.75. The van der Waals surface area contributed by atoms with Crippen molar-refractivity contribution < 1.29 is 4.74 Å². The van der Waals surface area contributed by atoms with E-state index in [4.69, 9.17) is 4.74 Å². The van der Waals surface area contributed by atoms with Crippen molar-refractivity contribution in [1.82, 2.24) is 19.5 Å². The molecule has 102 valence electrons. The Hall–Kier alpha value is -1.95. The van der Waals surface area contributed by atoms with Gasteiger partial charge in [-0.1, -0.05) is 0 Å². The second-order valence-electron chi connectivity index (χ2n) is 3.98. The van der Waals surface area contributed by atoms with Crippen LogP contribution in [0.25, 0.3) is 11.5 Å². The van der Waals surface area contributed by atoms with Crippen molar-refractivity contribution in [3.8, 4) is 11.5 Å². The number of aryl methyl sites for hydroxylation is 1. The Kier molecular flexibility index (Phi) is 4.46. The molecule has 2 heterocycles. The number of anilines is 1. The summed E-state index contributed by atoms with van der Waals surface area (Å²) in [6.45, 7) is 5.94. The number of nitrogens with one attached hydrogen (secondary N) is 1. The van der Waals surface area contributed by atoms with Gasteiger partial charge in [-0.2, -0.15) is 0 Å². The number of nitrogens with zero attached hydrogens (tertiary/aromatic N) is 4. The van der Waals surface area contributed by atoms with Gasteiger partial charge in [0.05, 0.1) is 0 Å². The summed E-state index contributed by atoms with van der Waals surface area (Å²) in [6.07, 6.45) is 3.72. The van der Waals surface area contributed by atoms with Crippen molar-refractivity contribution in [1.29, 1.82) is 0 Å². The molecule has 0 unspecified atom stereocenters. The van der Waals surface area contributed by atoms with Crippen molar-refractivity contribution in [2.24, 2.45) is 0 Å². The minimum atomic E-state index is 0.409. The zero-order chi connectivity index (χ0) is 13.7. The SMILES string of the molecule is CCOCc1nc(NC)cc(-c2nccn2CC)n1. The molecule has 0 spiro atoms. The lowest BCUT2D eigenvalue weighted by Crippen LogP contribution is -2.06. The molecule has 0 aliphatic rings. The van der Waals surface area contributed by atoms with Gasteiger partial charge >= 0.3 is 0 Å². The molecule has 6 nitrogen and oxygen atoms in total. The van der Waals surface area contributed by atoms with Gasteiger partial charge in [0.1, 0.15) is 18.1 Å². The molecule has 0 aliphatic heterocycles. The molecule has 0 aromatic carbocycles. The molecule has 0 amide bonds. The summed E-state index contributed by atoms with van der Waals surface area (Å²) in [6, 6.07) is 1.89. The van der Waals surface area contributed by atoms with Crippen molar-refractivity contribution in [2.45, 2.75) is 27.0 Å². The summed E-state index contributed by atoms with van der Waals surface area (Å²) in [4.78, 5) is 13.2. The number of rotatable bonds is 6. The zero-order valence-electron chi connectivity index (χ0n) is 11.6. The smallest absolute Gasteiger partial charge is 0.158 e. The van der Waals surface area contributed by atoms with Crippen molar-refractivity contribution in [3.63, 3.8) is 0 Å². The van der Waals surface area contributed by atoms with E-state index in [0.717, 1.165) is 23.9 Å². The fourth-order valence-corrected chi connectivity index (χ4v) is 1.80. The highest BCUT2D eigenvalue weighted by atomic mass is 16.5. The average molecular weight is 261 g/mol. The molecular weight excluding hydrogens is 242 g/mol. The van der Waals surface area contributed by atoms with Gasteiger partial charge in [0, 0.05) is 38.7 Å². The van der Waals surface area contributed by atoms with E-state index in [1.54, 1.807) is 6.20 Å². The van der Waals surface area contributed by atoms with Crippen LogP contribution < -0.4 is 5.32 Å². The summed E-state index contributed by atoms with van der Waals surface area (Å²) in [7, 11) is 1.84. The molecule has 19 heavy (non-hydrogen) atoms. The van der Waals surface area contributed by atoms with E-state index in [-0.39, 0.29) is 0 Å². The van der Waals surface area contributed by atoms with E-state index in [9.17, 15) is 0 Å². The topological polar surface area (TPSA) is 64.9 Å². The van der Waals surface area contributed by atoms with Gasteiger partial charge in [0.15, 0.2) is 11.6 Å². The quantitative estimate of drug-likeness (QED) is 0.860. The van der Waals surface area contributed by atoms with E-state index >= 15 is 0 Å². The van der Waals surface area contributed by atoms with Crippen LogP contribution in [0.15, 0.2) is 18.5 Å². The molecule has 1 N–H and O–H groups in total. The Morgan fingerprint density at radius 1 is 1.32 bits per heavy atom. The number of hydrogen-bond acceptors (Lipinski definition) is 5. The highest BCUT2D eigenvalue weighted by Crippen LogP contribution is 2.18. The van der Waals surface area contributed by atoms with Gasteiger partial charge in [-0.05, 0) is 13.8 Å². The van der Waals surface area contributed by atoms with Crippen LogP contribution in [0.3, 0.4) is 0 Å². The van der Waals surface area contributed by atoms with Gasteiger partial charge in [0.2, 0.25) is 0 Å². The van der Waals surface area contributed by atoms with Gasteiger partial charge in [-0.3, -0.25) is 0 Å². The lowest BCUT2D eigenvalue weighted by Gasteiger charge is -2.09. The highest BCUT2D eigenvalue weighted by molar-refractivity contribution is 5.55.